The Morgan fingerprint density at radius 3 is 2.15 bits per heavy atom. The summed E-state index contributed by atoms with van der Waals surface area (Å²) in [5, 5.41) is 10.9. The summed E-state index contributed by atoms with van der Waals surface area (Å²) in [6, 6.07) is 8.32. The van der Waals surface area contributed by atoms with Gasteiger partial charge in [0.2, 0.25) is 0 Å². The molecular formula is C17H26BrNO. The molecule has 0 bridgehead atoms. The van der Waals surface area contributed by atoms with Crippen LogP contribution in [0.1, 0.15) is 44.1 Å². The molecule has 0 heterocycles. The number of aliphatic hydroxyl groups excluding tert-OH is 1. The maximum absolute atomic E-state index is 10.9. The minimum Gasteiger partial charge on any atom is -0.391 e. The highest BCUT2D eigenvalue weighted by atomic mass is 79.9. The van der Waals surface area contributed by atoms with Gasteiger partial charge >= 0.3 is 0 Å². The van der Waals surface area contributed by atoms with Gasteiger partial charge in [-0.3, -0.25) is 0 Å². The highest BCUT2D eigenvalue weighted by Crippen LogP contribution is 2.35. The number of halogens is 1. The minimum atomic E-state index is -0.295. The molecule has 1 atom stereocenters. The quantitative estimate of drug-likeness (QED) is 0.838. The minimum absolute atomic E-state index is 0.0520. The average Bonchev–Trinajstić information content (AvgIpc) is 2.68. The molecule has 20 heavy (non-hydrogen) atoms. The second-order valence-corrected chi connectivity index (χ2v) is 7.17. The van der Waals surface area contributed by atoms with Crippen molar-refractivity contribution >= 4 is 15.9 Å². The van der Waals surface area contributed by atoms with E-state index in [4.69, 9.17) is 0 Å². The van der Waals surface area contributed by atoms with Crippen LogP contribution in [0.4, 0.5) is 0 Å². The van der Waals surface area contributed by atoms with Crippen LogP contribution in [-0.2, 0) is 6.42 Å². The van der Waals surface area contributed by atoms with Crippen LogP contribution in [0.25, 0.3) is 0 Å². The molecule has 1 aromatic carbocycles. The van der Waals surface area contributed by atoms with Crippen molar-refractivity contribution in [1.29, 1.82) is 0 Å². The second kappa shape index (κ2) is 7.06. The third-order valence-electron chi connectivity index (χ3n) is 4.82. The summed E-state index contributed by atoms with van der Waals surface area (Å²) < 4.78 is 1.09. The van der Waals surface area contributed by atoms with Crippen molar-refractivity contribution < 1.29 is 5.11 Å². The number of rotatable bonds is 4. The molecule has 0 amide bonds. The first kappa shape index (κ1) is 16.0. The van der Waals surface area contributed by atoms with Crippen LogP contribution in [0.5, 0.6) is 0 Å². The van der Waals surface area contributed by atoms with E-state index < -0.39 is 0 Å². The molecule has 1 fully saturated rings. The number of hydrogen-bond donors (Lipinski definition) is 1. The van der Waals surface area contributed by atoms with Crippen molar-refractivity contribution in [3.05, 3.63) is 34.3 Å². The second-order valence-electron chi connectivity index (χ2n) is 6.26. The zero-order chi connectivity index (χ0) is 14.6. The highest BCUT2D eigenvalue weighted by molar-refractivity contribution is 9.10. The summed E-state index contributed by atoms with van der Waals surface area (Å²) >= 11 is 3.46. The molecule has 0 radical (unpaired) electrons. The lowest BCUT2D eigenvalue weighted by molar-refractivity contribution is -0.0174. The fourth-order valence-corrected chi connectivity index (χ4v) is 3.72. The zero-order valence-electron chi connectivity index (χ0n) is 12.6. The van der Waals surface area contributed by atoms with Gasteiger partial charge in [0.1, 0.15) is 0 Å². The molecule has 1 aliphatic carbocycles. The van der Waals surface area contributed by atoms with Gasteiger partial charge in [-0.25, -0.2) is 0 Å². The molecule has 1 N–H and O–H groups in total. The summed E-state index contributed by atoms with van der Waals surface area (Å²) in [5.74, 6) is 0. The van der Waals surface area contributed by atoms with E-state index in [-0.39, 0.29) is 11.6 Å². The van der Waals surface area contributed by atoms with Crippen molar-refractivity contribution in [1.82, 2.24) is 4.90 Å². The van der Waals surface area contributed by atoms with Crippen molar-refractivity contribution in [2.75, 3.05) is 14.1 Å². The lowest BCUT2D eigenvalue weighted by Crippen LogP contribution is -2.54. The normalized spacial score (nSPS) is 20.6. The van der Waals surface area contributed by atoms with E-state index in [1.165, 1.54) is 31.2 Å². The van der Waals surface area contributed by atoms with E-state index in [0.29, 0.717) is 0 Å². The van der Waals surface area contributed by atoms with Crippen molar-refractivity contribution in [2.24, 2.45) is 0 Å². The Hall–Kier alpha value is -0.380. The van der Waals surface area contributed by atoms with Crippen LogP contribution in [0.2, 0.25) is 0 Å². The third-order valence-corrected chi connectivity index (χ3v) is 5.35. The number of hydrogen-bond acceptors (Lipinski definition) is 2. The molecule has 0 aromatic heterocycles. The molecule has 1 aliphatic rings. The smallest absolute Gasteiger partial charge is 0.0763 e. The topological polar surface area (TPSA) is 23.5 Å². The Bertz CT molecular complexity index is 408. The summed E-state index contributed by atoms with van der Waals surface area (Å²) in [5.41, 5.74) is 1.16. The summed E-state index contributed by atoms with van der Waals surface area (Å²) in [4.78, 5) is 2.27. The van der Waals surface area contributed by atoms with E-state index in [1.807, 2.05) is 0 Å². The molecule has 0 aliphatic heterocycles. The first-order valence-corrected chi connectivity index (χ1v) is 8.44. The average molecular weight is 340 g/mol. The molecule has 0 spiro atoms. The standard InChI is InChI=1S/C17H26BrNO/c1-19(2)17(11-5-3-4-6-12-17)16(20)13-14-7-9-15(18)10-8-14/h7-10,16,20H,3-6,11-13H2,1-2H3. The van der Waals surface area contributed by atoms with E-state index in [1.54, 1.807) is 0 Å². The number of likely N-dealkylation sites (N-methyl/N-ethyl adjacent to an activating group) is 1. The molecule has 1 unspecified atom stereocenters. The van der Waals surface area contributed by atoms with Gasteiger partial charge in [0, 0.05) is 16.4 Å². The fraction of sp³-hybridized carbons (Fsp3) is 0.647. The van der Waals surface area contributed by atoms with Crippen molar-refractivity contribution in [3.63, 3.8) is 0 Å². The molecule has 0 saturated heterocycles. The predicted octanol–water partition coefficient (Wildman–Crippen LogP) is 4.01. The number of nitrogens with zero attached hydrogens (tertiary/aromatic N) is 1. The van der Waals surface area contributed by atoms with Gasteiger partial charge in [0.05, 0.1) is 6.10 Å². The van der Waals surface area contributed by atoms with Crippen LogP contribution in [0.3, 0.4) is 0 Å². The summed E-state index contributed by atoms with van der Waals surface area (Å²) in [7, 11) is 4.24. The van der Waals surface area contributed by atoms with Gasteiger partial charge in [-0.2, -0.15) is 0 Å². The Labute approximate surface area is 131 Å². The van der Waals surface area contributed by atoms with Gasteiger partial charge < -0.3 is 10.0 Å². The molecule has 2 rings (SSSR count). The Kier molecular flexibility index (Phi) is 5.65. The molecule has 3 heteroatoms. The van der Waals surface area contributed by atoms with Crippen LogP contribution >= 0.6 is 15.9 Å². The van der Waals surface area contributed by atoms with E-state index in [2.05, 4.69) is 59.2 Å². The largest absolute Gasteiger partial charge is 0.391 e. The van der Waals surface area contributed by atoms with Gasteiger partial charge in [0.25, 0.3) is 0 Å². The van der Waals surface area contributed by atoms with Crippen molar-refractivity contribution in [2.45, 2.75) is 56.6 Å². The highest BCUT2D eigenvalue weighted by Gasteiger charge is 2.39. The van der Waals surface area contributed by atoms with Gasteiger partial charge in [-0.15, -0.1) is 0 Å². The lowest BCUT2D eigenvalue weighted by Gasteiger charge is -2.43. The van der Waals surface area contributed by atoms with Gasteiger partial charge in [-0.1, -0.05) is 53.7 Å². The molecular weight excluding hydrogens is 314 g/mol. The zero-order valence-corrected chi connectivity index (χ0v) is 14.2. The monoisotopic (exact) mass is 339 g/mol. The number of benzene rings is 1. The van der Waals surface area contributed by atoms with Crippen molar-refractivity contribution in [3.8, 4) is 0 Å². The summed E-state index contributed by atoms with van der Waals surface area (Å²) in [6.45, 7) is 0. The van der Waals surface area contributed by atoms with Gasteiger partial charge in [0.15, 0.2) is 0 Å². The molecule has 1 saturated carbocycles. The fourth-order valence-electron chi connectivity index (χ4n) is 3.45. The van der Waals surface area contributed by atoms with E-state index in [0.717, 1.165) is 23.7 Å². The summed E-state index contributed by atoms with van der Waals surface area (Å²) in [6.07, 6.45) is 7.74. The van der Waals surface area contributed by atoms with Crippen LogP contribution in [0, 0.1) is 0 Å². The first-order valence-electron chi connectivity index (χ1n) is 7.64. The Morgan fingerprint density at radius 2 is 1.65 bits per heavy atom. The number of aliphatic hydroxyl groups is 1. The predicted molar refractivity (Wildman–Crippen MR) is 88.0 cm³/mol. The van der Waals surface area contributed by atoms with Crippen LogP contribution < -0.4 is 0 Å². The molecule has 2 nitrogen and oxygen atoms in total. The lowest BCUT2D eigenvalue weighted by atomic mass is 9.80. The molecule has 112 valence electrons. The maximum atomic E-state index is 10.9. The third kappa shape index (κ3) is 3.63. The Morgan fingerprint density at radius 1 is 1.10 bits per heavy atom. The van der Waals surface area contributed by atoms with E-state index >= 15 is 0 Å². The van der Waals surface area contributed by atoms with Crippen LogP contribution in [0.15, 0.2) is 28.7 Å². The maximum Gasteiger partial charge on any atom is 0.0763 e. The first-order chi connectivity index (χ1) is 9.54. The van der Waals surface area contributed by atoms with E-state index in [9.17, 15) is 5.11 Å². The SMILES string of the molecule is CN(C)C1(C(O)Cc2ccc(Br)cc2)CCCCCC1. The van der Waals surface area contributed by atoms with Gasteiger partial charge in [-0.05, 0) is 44.6 Å². The Balaban J connectivity index is 2.13. The molecule has 1 aromatic rings. The van der Waals surface area contributed by atoms with Crippen LogP contribution in [-0.4, -0.2) is 35.7 Å².